The van der Waals surface area contributed by atoms with Gasteiger partial charge in [-0.1, -0.05) is 49.7 Å². The van der Waals surface area contributed by atoms with Crippen molar-refractivity contribution in [3.05, 3.63) is 107 Å². The molecule has 2 aliphatic heterocycles. The average Bonchev–Trinajstić information content (AvgIpc) is 3.48. The second kappa shape index (κ2) is 10.7. The molecule has 1 N–H and O–H groups in total. The molecular formula is C32H34ClN5S. The summed E-state index contributed by atoms with van der Waals surface area (Å²) in [7, 11) is 0. The fraction of sp³-hybridized carbons (Fsp3) is 0.312. The molecule has 0 radical (unpaired) electrons. The van der Waals surface area contributed by atoms with E-state index in [-0.39, 0.29) is 12.1 Å². The minimum atomic E-state index is -0.127. The summed E-state index contributed by atoms with van der Waals surface area (Å²) in [5.41, 5.74) is 6.44. The lowest BCUT2D eigenvalue weighted by Crippen LogP contribution is -2.38. The van der Waals surface area contributed by atoms with Crippen molar-refractivity contribution in [3.63, 3.8) is 0 Å². The van der Waals surface area contributed by atoms with Crippen LogP contribution in [0.4, 0.5) is 11.4 Å². The SMILES string of the molecule is Cc1ccc([C@@H]2[C@H](c3ccccn3)NC(=S)N2c2ccc(N3C[C@@H](C)C[C@H](C)C3)c(Cl)c2)n1-c1ccccc1. The molecule has 6 rings (SSSR count). The van der Waals surface area contributed by atoms with Gasteiger partial charge in [0.15, 0.2) is 5.11 Å². The Balaban J connectivity index is 1.44. The van der Waals surface area contributed by atoms with Gasteiger partial charge in [-0.05, 0) is 92.0 Å². The van der Waals surface area contributed by atoms with E-state index >= 15 is 0 Å². The van der Waals surface area contributed by atoms with E-state index < -0.39 is 0 Å². The lowest BCUT2D eigenvalue weighted by Gasteiger charge is -2.37. The van der Waals surface area contributed by atoms with Crippen LogP contribution in [-0.4, -0.2) is 27.8 Å². The molecule has 4 aromatic rings. The number of aromatic nitrogens is 2. The Labute approximate surface area is 241 Å². The monoisotopic (exact) mass is 555 g/mol. The summed E-state index contributed by atoms with van der Waals surface area (Å²) >= 11 is 13.0. The lowest BCUT2D eigenvalue weighted by molar-refractivity contribution is 0.357. The van der Waals surface area contributed by atoms with Gasteiger partial charge >= 0.3 is 0 Å². The van der Waals surface area contributed by atoms with Gasteiger partial charge in [0.2, 0.25) is 0 Å². The van der Waals surface area contributed by atoms with Crippen LogP contribution >= 0.6 is 23.8 Å². The van der Waals surface area contributed by atoms with Crippen molar-refractivity contribution in [1.82, 2.24) is 14.9 Å². The van der Waals surface area contributed by atoms with Crippen molar-refractivity contribution < 1.29 is 0 Å². The fourth-order valence-electron chi connectivity index (χ4n) is 6.41. The molecule has 0 aliphatic carbocycles. The van der Waals surface area contributed by atoms with Gasteiger partial charge in [0.05, 0.1) is 22.4 Å². The highest BCUT2D eigenvalue weighted by Gasteiger charge is 2.42. The third-order valence-corrected chi connectivity index (χ3v) is 8.56. The van der Waals surface area contributed by atoms with Gasteiger partial charge in [0, 0.05) is 42.0 Å². The fourth-order valence-corrected chi connectivity index (χ4v) is 7.05. The van der Waals surface area contributed by atoms with Crippen LogP contribution in [0.2, 0.25) is 5.02 Å². The molecule has 2 aliphatic rings. The van der Waals surface area contributed by atoms with E-state index in [1.54, 1.807) is 0 Å². The van der Waals surface area contributed by atoms with Crippen LogP contribution in [0, 0.1) is 18.8 Å². The Hall–Kier alpha value is -3.35. The zero-order valence-electron chi connectivity index (χ0n) is 22.6. The van der Waals surface area contributed by atoms with Gasteiger partial charge in [0.25, 0.3) is 0 Å². The zero-order valence-corrected chi connectivity index (χ0v) is 24.2. The van der Waals surface area contributed by atoms with Crippen LogP contribution in [0.15, 0.2) is 85.1 Å². The number of pyridine rings is 1. The molecule has 200 valence electrons. The number of rotatable bonds is 5. The van der Waals surface area contributed by atoms with E-state index in [9.17, 15) is 0 Å². The van der Waals surface area contributed by atoms with E-state index in [0.717, 1.165) is 52.3 Å². The number of nitrogens with zero attached hydrogens (tertiary/aromatic N) is 4. The Bertz CT molecular complexity index is 1460. The number of piperidine rings is 1. The topological polar surface area (TPSA) is 36.3 Å². The van der Waals surface area contributed by atoms with Crippen molar-refractivity contribution in [2.45, 2.75) is 39.3 Å². The standard InChI is InChI=1S/C32H34ClN5S/c1-21-17-22(2)20-36(19-21)28-15-13-25(18-26(28)33)38-31(30(35-32(38)39)27-11-7-8-16-34-27)29-14-12-23(3)37(29)24-9-5-4-6-10-24/h4-16,18,21-22,30-31H,17,19-20H2,1-3H3,(H,35,39)/t21-,22-,30-,31+/m0/s1. The molecular weight excluding hydrogens is 522 g/mol. The van der Waals surface area contributed by atoms with E-state index in [4.69, 9.17) is 28.8 Å². The van der Waals surface area contributed by atoms with E-state index in [2.05, 4.69) is 101 Å². The predicted octanol–water partition coefficient (Wildman–Crippen LogP) is 7.49. The zero-order chi connectivity index (χ0) is 27.1. The van der Waals surface area contributed by atoms with Crippen molar-refractivity contribution in [2.24, 2.45) is 11.8 Å². The van der Waals surface area contributed by atoms with Gasteiger partial charge < -0.3 is 19.7 Å². The minimum Gasteiger partial charge on any atom is -0.370 e. The van der Waals surface area contributed by atoms with Gasteiger partial charge in [-0.2, -0.15) is 0 Å². The number of aryl methyl sites for hydroxylation is 1. The summed E-state index contributed by atoms with van der Waals surface area (Å²) in [6, 6.07) is 27.0. The molecule has 0 bridgehead atoms. The summed E-state index contributed by atoms with van der Waals surface area (Å²) in [6.45, 7) is 8.85. The van der Waals surface area contributed by atoms with Crippen LogP contribution < -0.4 is 15.1 Å². The molecule has 0 amide bonds. The lowest BCUT2D eigenvalue weighted by atomic mass is 9.91. The average molecular weight is 556 g/mol. The Morgan fingerprint density at radius 3 is 2.33 bits per heavy atom. The molecule has 4 heterocycles. The van der Waals surface area contributed by atoms with Crippen LogP contribution in [0.25, 0.3) is 5.69 Å². The maximum Gasteiger partial charge on any atom is 0.174 e. The molecule has 2 aromatic carbocycles. The Morgan fingerprint density at radius 1 is 0.897 bits per heavy atom. The minimum absolute atomic E-state index is 0.127. The summed E-state index contributed by atoms with van der Waals surface area (Å²) in [5.74, 6) is 1.30. The van der Waals surface area contributed by atoms with Crippen LogP contribution in [0.5, 0.6) is 0 Å². The van der Waals surface area contributed by atoms with E-state index in [1.165, 1.54) is 6.42 Å². The van der Waals surface area contributed by atoms with Crippen LogP contribution in [0.1, 0.15) is 49.4 Å². The summed E-state index contributed by atoms with van der Waals surface area (Å²) in [4.78, 5) is 9.37. The summed E-state index contributed by atoms with van der Waals surface area (Å²) in [5, 5.41) is 5.01. The van der Waals surface area contributed by atoms with Gasteiger partial charge in [-0.3, -0.25) is 4.98 Å². The van der Waals surface area contributed by atoms with Gasteiger partial charge in [0.1, 0.15) is 6.04 Å². The first-order valence-electron chi connectivity index (χ1n) is 13.7. The highest BCUT2D eigenvalue weighted by Crippen LogP contribution is 2.44. The molecule has 7 heteroatoms. The van der Waals surface area contributed by atoms with E-state index in [0.29, 0.717) is 16.9 Å². The highest BCUT2D eigenvalue weighted by molar-refractivity contribution is 7.80. The first-order chi connectivity index (χ1) is 18.9. The van der Waals surface area contributed by atoms with Crippen molar-refractivity contribution in [2.75, 3.05) is 22.9 Å². The molecule has 39 heavy (non-hydrogen) atoms. The van der Waals surface area contributed by atoms with Gasteiger partial charge in [-0.25, -0.2) is 0 Å². The third kappa shape index (κ3) is 4.92. The molecule has 2 saturated heterocycles. The maximum atomic E-state index is 7.01. The van der Waals surface area contributed by atoms with Crippen LogP contribution in [0.3, 0.4) is 0 Å². The molecule has 2 fully saturated rings. The number of hydrogen-bond donors (Lipinski definition) is 1. The van der Waals surface area contributed by atoms with Crippen molar-refractivity contribution >= 4 is 40.3 Å². The maximum absolute atomic E-state index is 7.01. The largest absolute Gasteiger partial charge is 0.370 e. The molecule has 5 nitrogen and oxygen atoms in total. The van der Waals surface area contributed by atoms with Gasteiger partial charge in [-0.15, -0.1) is 0 Å². The molecule has 2 aromatic heterocycles. The predicted molar refractivity (Wildman–Crippen MR) is 165 cm³/mol. The Morgan fingerprint density at radius 2 is 1.64 bits per heavy atom. The number of hydrogen-bond acceptors (Lipinski definition) is 3. The number of anilines is 2. The second-order valence-corrected chi connectivity index (χ2v) is 11.8. The van der Waals surface area contributed by atoms with Crippen LogP contribution in [-0.2, 0) is 0 Å². The quantitative estimate of drug-likeness (QED) is 0.258. The normalized spacial score (nSPS) is 23.2. The van der Waals surface area contributed by atoms with E-state index in [1.807, 2.05) is 24.4 Å². The highest BCUT2D eigenvalue weighted by atomic mass is 35.5. The molecule has 4 atom stereocenters. The first-order valence-corrected chi connectivity index (χ1v) is 14.5. The number of benzene rings is 2. The smallest absolute Gasteiger partial charge is 0.174 e. The van der Waals surface area contributed by atoms with Crippen molar-refractivity contribution in [1.29, 1.82) is 0 Å². The molecule has 0 spiro atoms. The third-order valence-electron chi connectivity index (χ3n) is 7.94. The second-order valence-electron chi connectivity index (χ2n) is 11.1. The van der Waals surface area contributed by atoms with Crippen molar-refractivity contribution in [3.8, 4) is 5.69 Å². The number of halogens is 1. The number of nitrogens with one attached hydrogen (secondary N) is 1. The summed E-state index contributed by atoms with van der Waals surface area (Å²) < 4.78 is 2.32. The first kappa shape index (κ1) is 25.9. The molecule has 0 unspecified atom stereocenters. The number of para-hydroxylation sites is 1. The number of thiocarbonyl (C=S) groups is 1. The summed E-state index contributed by atoms with van der Waals surface area (Å²) in [6.07, 6.45) is 3.10. The Kier molecular flexibility index (Phi) is 7.08. The molecule has 0 saturated carbocycles.